The normalized spacial score (nSPS) is 10.3. The molecule has 0 fully saturated rings. The molecular weight excluding hydrogens is 252 g/mol. The van der Waals surface area contributed by atoms with E-state index in [1.54, 1.807) is 25.3 Å². The molecule has 0 amide bonds. The van der Waals surface area contributed by atoms with E-state index in [0.717, 1.165) is 12.8 Å². The topological polar surface area (TPSA) is 35.5 Å². The minimum atomic E-state index is -0.317. The van der Waals surface area contributed by atoms with Gasteiger partial charge in [0, 0.05) is 0 Å². The standard InChI is InChI=1S/C17H25O3/c1-4-5-6-7-8-9-12-20-17(18)16-13-15(19-3)11-10-14(16)2/h10-11,13H,2,4-9,12H2,1,3H3. The van der Waals surface area contributed by atoms with Crippen LogP contribution in [0.25, 0.3) is 0 Å². The van der Waals surface area contributed by atoms with Crippen molar-refractivity contribution >= 4 is 5.97 Å². The van der Waals surface area contributed by atoms with E-state index < -0.39 is 0 Å². The van der Waals surface area contributed by atoms with E-state index in [0.29, 0.717) is 23.5 Å². The van der Waals surface area contributed by atoms with Gasteiger partial charge in [0.1, 0.15) is 5.75 Å². The molecule has 20 heavy (non-hydrogen) atoms. The lowest BCUT2D eigenvalue weighted by Gasteiger charge is -2.08. The van der Waals surface area contributed by atoms with E-state index in [9.17, 15) is 4.79 Å². The molecule has 3 nitrogen and oxygen atoms in total. The number of benzene rings is 1. The Morgan fingerprint density at radius 2 is 1.85 bits per heavy atom. The zero-order chi connectivity index (χ0) is 14.8. The summed E-state index contributed by atoms with van der Waals surface area (Å²) in [4.78, 5) is 12.0. The van der Waals surface area contributed by atoms with E-state index >= 15 is 0 Å². The molecule has 0 aliphatic carbocycles. The first kappa shape index (κ1) is 16.5. The lowest BCUT2D eigenvalue weighted by Crippen LogP contribution is -2.08. The summed E-state index contributed by atoms with van der Waals surface area (Å²) in [5, 5.41) is 0. The largest absolute Gasteiger partial charge is 0.497 e. The maximum atomic E-state index is 12.0. The number of hydrogen-bond acceptors (Lipinski definition) is 3. The molecule has 0 atom stereocenters. The van der Waals surface area contributed by atoms with Crippen molar-refractivity contribution in [3.8, 4) is 5.75 Å². The third-order valence-electron chi connectivity index (χ3n) is 3.27. The first-order valence-electron chi connectivity index (χ1n) is 7.36. The highest BCUT2D eigenvalue weighted by Gasteiger charge is 2.11. The van der Waals surface area contributed by atoms with Gasteiger partial charge in [-0.2, -0.15) is 0 Å². The Morgan fingerprint density at radius 1 is 1.15 bits per heavy atom. The molecule has 1 radical (unpaired) electrons. The summed E-state index contributed by atoms with van der Waals surface area (Å²) < 4.78 is 10.4. The molecular formula is C17H25O3. The van der Waals surface area contributed by atoms with Crippen molar-refractivity contribution in [2.24, 2.45) is 0 Å². The van der Waals surface area contributed by atoms with Crippen LogP contribution in [0.1, 0.15) is 61.4 Å². The summed E-state index contributed by atoms with van der Waals surface area (Å²) in [6, 6.07) is 5.22. The van der Waals surface area contributed by atoms with Crippen LogP contribution in [0.5, 0.6) is 5.75 Å². The van der Waals surface area contributed by atoms with E-state index in [-0.39, 0.29) is 5.97 Å². The highest BCUT2D eigenvalue weighted by atomic mass is 16.5. The van der Waals surface area contributed by atoms with Crippen LogP contribution in [0, 0.1) is 6.92 Å². The molecule has 0 saturated carbocycles. The summed E-state index contributed by atoms with van der Waals surface area (Å²) in [6.45, 7) is 6.51. The first-order valence-corrected chi connectivity index (χ1v) is 7.36. The van der Waals surface area contributed by atoms with E-state index in [2.05, 4.69) is 13.8 Å². The van der Waals surface area contributed by atoms with Crippen molar-refractivity contribution in [2.45, 2.75) is 45.4 Å². The molecule has 0 aromatic heterocycles. The summed E-state index contributed by atoms with van der Waals surface area (Å²) in [7, 11) is 1.57. The summed E-state index contributed by atoms with van der Waals surface area (Å²) in [6.07, 6.45) is 7.05. The molecule has 111 valence electrons. The molecule has 0 aliphatic heterocycles. The first-order chi connectivity index (χ1) is 9.69. The maximum absolute atomic E-state index is 12.0. The van der Waals surface area contributed by atoms with E-state index in [1.807, 2.05) is 0 Å². The number of hydrogen-bond donors (Lipinski definition) is 0. The van der Waals surface area contributed by atoms with Crippen molar-refractivity contribution < 1.29 is 14.3 Å². The fourth-order valence-corrected chi connectivity index (χ4v) is 2.00. The Balaban J connectivity index is 2.32. The van der Waals surface area contributed by atoms with Crippen LogP contribution in [0.15, 0.2) is 18.2 Å². The van der Waals surface area contributed by atoms with Crippen LogP contribution in [0.3, 0.4) is 0 Å². The number of methoxy groups -OCH3 is 1. The monoisotopic (exact) mass is 277 g/mol. The smallest absolute Gasteiger partial charge is 0.338 e. The molecule has 0 unspecified atom stereocenters. The fourth-order valence-electron chi connectivity index (χ4n) is 2.00. The van der Waals surface area contributed by atoms with Gasteiger partial charge in [0.05, 0.1) is 19.3 Å². The summed E-state index contributed by atoms with van der Waals surface area (Å²) >= 11 is 0. The molecule has 3 heteroatoms. The Bertz CT molecular complexity index is 413. The number of carbonyl (C=O) groups is 1. The highest BCUT2D eigenvalue weighted by Crippen LogP contribution is 2.18. The second-order valence-corrected chi connectivity index (χ2v) is 4.93. The van der Waals surface area contributed by atoms with E-state index in [4.69, 9.17) is 9.47 Å². The molecule has 1 rings (SSSR count). The molecule has 0 aliphatic rings. The van der Waals surface area contributed by atoms with Gasteiger partial charge >= 0.3 is 5.97 Å². The molecule has 0 spiro atoms. The van der Waals surface area contributed by atoms with Crippen LogP contribution in [-0.2, 0) is 4.74 Å². The predicted octanol–water partition coefficient (Wildman–Crippen LogP) is 4.39. The van der Waals surface area contributed by atoms with Crippen LogP contribution < -0.4 is 4.74 Å². The van der Waals surface area contributed by atoms with Crippen molar-refractivity contribution in [3.05, 3.63) is 36.2 Å². The summed E-state index contributed by atoms with van der Waals surface area (Å²) in [5.41, 5.74) is 1.15. The lowest BCUT2D eigenvalue weighted by molar-refractivity contribution is 0.0497. The number of esters is 1. The van der Waals surface area contributed by atoms with Gasteiger partial charge in [-0.3, -0.25) is 0 Å². The zero-order valence-corrected chi connectivity index (χ0v) is 12.6. The fraction of sp³-hybridized carbons (Fsp3) is 0.529. The van der Waals surface area contributed by atoms with Crippen molar-refractivity contribution in [1.82, 2.24) is 0 Å². The number of ether oxygens (including phenoxy) is 2. The number of rotatable bonds is 9. The SMILES string of the molecule is [CH2]c1ccc(OC)cc1C(=O)OCCCCCCCC. The van der Waals surface area contributed by atoms with Crippen LogP contribution >= 0.6 is 0 Å². The van der Waals surface area contributed by atoms with Crippen LogP contribution in [0.4, 0.5) is 0 Å². The third-order valence-corrected chi connectivity index (χ3v) is 3.27. The zero-order valence-electron chi connectivity index (χ0n) is 12.6. The Kier molecular flexibility index (Phi) is 7.78. The predicted molar refractivity (Wildman–Crippen MR) is 81.1 cm³/mol. The van der Waals surface area contributed by atoms with Gasteiger partial charge in [-0.25, -0.2) is 4.79 Å². The van der Waals surface area contributed by atoms with Gasteiger partial charge in [-0.15, -0.1) is 0 Å². The molecule has 0 saturated heterocycles. The molecule has 1 aromatic carbocycles. The molecule has 0 heterocycles. The second-order valence-electron chi connectivity index (χ2n) is 4.93. The Hall–Kier alpha value is -1.51. The van der Waals surface area contributed by atoms with Gasteiger partial charge in [0.2, 0.25) is 0 Å². The lowest BCUT2D eigenvalue weighted by atomic mass is 10.1. The molecule has 1 aromatic rings. The maximum Gasteiger partial charge on any atom is 0.338 e. The van der Waals surface area contributed by atoms with Crippen LogP contribution in [0.2, 0.25) is 0 Å². The second kappa shape index (κ2) is 9.40. The van der Waals surface area contributed by atoms with Gasteiger partial charge in [-0.05, 0) is 31.0 Å². The summed E-state index contributed by atoms with van der Waals surface area (Å²) in [5.74, 6) is 0.325. The third kappa shape index (κ3) is 5.64. The minimum absolute atomic E-state index is 0.317. The highest BCUT2D eigenvalue weighted by molar-refractivity contribution is 5.91. The Labute approximate surface area is 122 Å². The quantitative estimate of drug-likeness (QED) is 0.496. The molecule has 0 N–H and O–H groups in total. The van der Waals surface area contributed by atoms with Gasteiger partial charge < -0.3 is 9.47 Å². The van der Waals surface area contributed by atoms with Crippen LogP contribution in [-0.4, -0.2) is 19.7 Å². The molecule has 0 bridgehead atoms. The average molecular weight is 277 g/mol. The number of carbonyl (C=O) groups excluding carboxylic acids is 1. The van der Waals surface area contributed by atoms with Crippen molar-refractivity contribution in [1.29, 1.82) is 0 Å². The average Bonchev–Trinajstić information content (AvgIpc) is 2.46. The van der Waals surface area contributed by atoms with Crippen molar-refractivity contribution in [2.75, 3.05) is 13.7 Å². The van der Waals surface area contributed by atoms with Crippen molar-refractivity contribution in [3.63, 3.8) is 0 Å². The van der Waals surface area contributed by atoms with Gasteiger partial charge in [0.15, 0.2) is 0 Å². The number of unbranched alkanes of at least 4 members (excludes halogenated alkanes) is 5. The van der Waals surface area contributed by atoms with E-state index in [1.165, 1.54) is 25.7 Å². The Morgan fingerprint density at radius 3 is 2.55 bits per heavy atom. The minimum Gasteiger partial charge on any atom is -0.497 e. The van der Waals surface area contributed by atoms with Gasteiger partial charge in [-0.1, -0.05) is 45.1 Å². The van der Waals surface area contributed by atoms with Gasteiger partial charge in [0.25, 0.3) is 0 Å².